The van der Waals surface area contributed by atoms with Gasteiger partial charge in [0.15, 0.2) is 5.82 Å². The van der Waals surface area contributed by atoms with E-state index in [9.17, 15) is 14.4 Å². The van der Waals surface area contributed by atoms with Gasteiger partial charge in [0.1, 0.15) is 11.5 Å². The average Bonchev–Trinajstić information content (AvgIpc) is 3.22. The van der Waals surface area contributed by atoms with Crippen molar-refractivity contribution in [1.82, 2.24) is 20.1 Å². The highest BCUT2D eigenvalue weighted by molar-refractivity contribution is 6.00. The van der Waals surface area contributed by atoms with Gasteiger partial charge in [0, 0.05) is 35.0 Å². The Balaban J connectivity index is 1.69. The normalized spacial score (nSPS) is 11.8. The Morgan fingerprint density at radius 3 is 2.61 bits per heavy atom. The third-order valence-electron chi connectivity index (χ3n) is 4.95. The fourth-order valence-electron chi connectivity index (χ4n) is 3.16. The van der Waals surface area contributed by atoms with Crippen LogP contribution in [0.3, 0.4) is 0 Å². The molecule has 1 aromatic carbocycles. The lowest BCUT2D eigenvalue weighted by atomic mass is 10.1. The first-order valence-corrected chi connectivity index (χ1v) is 9.71. The number of carbonyl (C=O) groups excluding carboxylic acids is 1. The number of hydrogen-bond donors (Lipinski definition) is 2. The van der Waals surface area contributed by atoms with E-state index in [0.29, 0.717) is 22.8 Å². The zero-order chi connectivity index (χ0) is 22.0. The van der Waals surface area contributed by atoms with Gasteiger partial charge in [-0.2, -0.15) is 5.10 Å². The van der Waals surface area contributed by atoms with Crippen molar-refractivity contribution in [1.29, 1.82) is 0 Å². The molecule has 0 bridgehead atoms. The maximum Gasteiger partial charge on any atom is 0.255 e. The van der Waals surface area contributed by atoms with Crippen LogP contribution in [-0.2, 0) is 0 Å². The van der Waals surface area contributed by atoms with Crippen LogP contribution >= 0.6 is 0 Å². The van der Waals surface area contributed by atoms with Crippen molar-refractivity contribution in [3.8, 4) is 17.1 Å². The number of nitrogens with one attached hydrogen (secondary N) is 1. The fourth-order valence-corrected chi connectivity index (χ4v) is 3.16. The molecular formula is C23H21FN5O2+. The van der Waals surface area contributed by atoms with Crippen molar-refractivity contribution >= 4 is 5.91 Å². The number of hydrogen-bond acceptors (Lipinski definition) is 4. The van der Waals surface area contributed by atoms with E-state index in [2.05, 4.69) is 15.4 Å². The van der Waals surface area contributed by atoms with Crippen molar-refractivity contribution in [2.24, 2.45) is 0 Å². The van der Waals surface area contributed by atoms with Gasteiger partial charge in [-0.15, -0.1) is 0 Å². The van der Waals surface area contributed by atoms with E-state index in [0.717, 1.165) is 22.1 Å². The molecule has 0 aliphatic heterocycles. The zero-order valence-electron chi connectivity index (χ0n) is 17.0. The summed E-state index contributed by atoms with van der Waals surface area (Å²) in [5.74, 6) is -0.388. The smallest absolute Gasteiger partial charge is 0.255 e. The van der Waals surface area contributed by atoms with Crippen molar-refractivity contribution in [2.45, 2.75) is 19.9 Å². The molecule has 4 aromatic rings. The molecular weight excluding hydrogens is 397 g/mol. The van der Waals surface area contributed by atoms with E-state index >= 15 is 0 Å². The van der Waals surface area contributed by atoms with Gasteiger partial charge in [-0.1, -0.05) is 30.3 Å². The number of halogens is 1. The monoisotopic (exact) mass is 418 g/mol. The van der Waals surface area contributed by atoms with Crippen LogP contribution in [0.15, 0.2) is 73.2 Å². The van der Waals surface area contributed by atoms with Crippen molar-refractivity contribution < 1.29 is 19.1 Å². The fraction of sp³-hybridized carbons (Fsp3) is 0.130. The predicted octanol–water partition coefficient (Wildman–Crippen LogP) is 3.40. The topological polar surface area (TPSA) is 83.9 Å². The van der Waals surface area contributed by atoms with E-state index in [4.69, 9.17) is 0 Å². The average molecular weight is 418 g/mol. The lowest BCUT2D eigenvalue weighted by Gasteiger charge is -2.13. The van der Waals surface area contributed by atoms with E-state index in [1.54, 1.807) is 25.4 Å². The highest BCUT2D eigenvalue weighted by Gasteiger charge is 2.22. The maximum atomic E-state index is 13.3. The summed E-state index contributed by atoms with van der Waals surface area (Å²) >= 11 is 0. The number of amides is 1. The minimum absolute atomic E-state index is 0.329. The number of nitrogens with zero attached hydrogens (tertiary/aromatic N) is 4. The van der Waals surface area contributed by atoms with Crippen LogP contribution in [0.2, 0.25) is 0 Å². The molecule has 0 aliphatic carbocycles. The Bertz CT molecular complexity index is 1220. The summed E-state index contributed by atoms with van der Waals surface area (Å²) in [5, 5.41) is 17.4. The summed E-state index contributed by atoms with van der Waals surface area (Å²) in [6, 6.07) is 15.4. The Morgan fingerprint density at radius 1 is 1.16 bits per heavy atom. The highest BCUT2D eigenvalue weighted by atomic mass is 19.1. The highest BCUT2D eigenvalue weighted by Crippen LogP contribution is 2.24. The van der Waals surface area contributed by atoms with E-state index in [-0.39, 0.29) is 11.9 Å². The first kappa shape index (κ1) is 20.2. The lowest BCUT2D eigenvalue weighted by molar-refractivity contribution is -0.909. The second kappa shape index (κ2) is 8.35. The summed E-state index contributed by atoms with van der Waals surface area (Å²) in [4.78, 5) is 17.2. The summed E-state index contributed by atoms with van der Waals surface area (Å²) in [5.41, 5.74) is 3.03. The second-order valence-corrected chi connectivity index (χ2v) is 7.18. The van der Waals surface area contributed by atoms with Crippen LogP contribution in [0.25, 0.3) is 17.1 Å². The summed E-state index contributed by atoms with van der Waals surface area (Å²) in [6.45, 7) is 3.60. The summed E-state index contributed by atoms with van der Waals surface area (Å²) < 4.78 is 15.7. The first-order chi connectivity index (χ1) is 14.9. The quantitative estimate of drug-likeness (QED) is 0.384. The van der Waals surface area contributed by atoms with Crippen LogP contribution in [-0.4, -0.2) is 25.9 Å². The molecule has 156 valence electrons. The summed E-state index contributed by atoms with van der Waals surface area (Å²) in [7, 11) is 0. The number of pyridine rings is 2. The van der Waals surface area contributed by atoms with Crippen LogP contribution in [0, 0.1) is 12.7 Å². The van der Waals surface area contributed by atoms with Crippen molar-refractivity contribution in [2.75, 3.05) is 0 Å². The molecule has 0 aliphatic rings. The molecule has 7 nitrogen and oxygen atoms in total. The molecule has 0 fully saturated rings. The molecule has 8 heteroatoms. The zero-order valence-corrected chi connectivity index (χ0v) is 17.0. The third-order valence-corrected chi connectivity index (χ3v) is 4.95. The second-order valence-electron chi connectivity index (χ2n) is 7.18. The van der Waals surface area contributed by atoms with Gasteiger partial charge in [0.2, 0.25) is 11.9 Å². The Labute approximate surface area is 178 Å². The molecule has 0 saturated heterocycles. The molecule has 0 radical (unpaired) electrons. The molecule has 3 aromatic heterocycles. The third kappa shape index (κ3) is 4.28. The largest absolute Gasteiger partial charge is 0.345 e. The minimum Gasteiger partial charge on any atom is -0.345 e. The Hall–Kier alpha value is -4.07. The first-order valence-electron chi connectivity index (χ1n) is 9.71. The minimum atomic E-state index is -0.454. The molecule has 3 heterocycles. The summed E-state index contributed by atoms with van der Waals surface area (Å²) in [6.07, 6.45) is 4.23. The van der Waals surface area contributed by atoms with Crippen LogP contribution in [0.5, 0.6) is 0 Å². The van der Waals surface area contributed by atoms with Crippen LogP contribution in [0.4, 0.5) is 4.39 Å². The lowest BCUT2D eigenvalue weighted by Crippen LogP contribution is -2.35. The molecule has 0 unspecified atom stereocenters. The van der Waals surface area contributed by atoms with E-state index in [1.165, 1.54) is 16.8 Å². The van der Waals surface area contributed by atoms with Gasteiger partial charge >= 0.3 is 0 Å². The molecule has 2 N–H and O–H groups in total. The van der Waals surface area contributed by atoms with E-state index < -0.39 is 5.82 Å². The van der Waals surface area contributed by atoms with Crippen molar-refractivity contribution in [3.63, 3.8) is 0 Å². The SMILES string of the molecule is Cc1ccc([C@@H](C)NC(=O)c2cn(-c3ccc(F)cn3)nc2-c2ccccc2)c[n+]1O. The number of aromatic nitrogens is 4. The van der Waals surface area contributed by atoms with Gasteiger partial charge in [-0.3, -0.25) is 10.0 Å². The van der Waals surface area contributed by atoms with Gasteiger partial charge in [0.05, 0.1) is 17.8 Å². The molecule has 4 rings (SSSR count). The molecule has 0 saturated carbocycles. The van der Waals surface area contributed by atoms with Gasteiger partial charge in [0.25, 0.3) is 5.91 Å². The van der Waals surface area contributed by atoms with Crippen LogP contribution < -0.4 is 10.0 Å². The number of rotatable bonds is 5. The molecule has 1 amide bonds. The van der Waals surface area contributed by atoms with E-state index in [1.807, 2.05) is 43.3 Å². The molecule has 1 atom stereocenters. The van der Waals surface area contributed by atoms with Gasteiger partial charge < -0.3 is 5.32 Å². The number of benzene rings is 1. The Morgan fingerprint density at radius 2 is 1.94 bits per heavy atom. The van der Waals surface area contributed by atoms with Crippen molar-refractivity contribution in [3.05, 3.63) is 95.8 Å². The van der Waals surface area contributed by atoms with Gasteiger partial charge in [-0.05, 0) is 25.1 Å². The maximum absolute atomic E-state index is 13.3. The Kier molecular flexibility index (Phi) is 5.44. The van der Waals surface area contributed by atoms with Gasteiger partial charge in [-0.25, -0.2) is 14.1 Å². The number of aryl methyl sites for hydroxylation is 1. The standard InChI is InChI=1S/C23H20FN5O2/c1-15-8-9-18(13-29(15)31)16(2)26-23(30)20-14-28(21-11-10-19(24)12-25-21)27-22(20)17-6-4-3-5-7-17/h3-14,16H,1-2H3,(H-,26,30,31)/p+1/t16-/m1/s1. The number of carbonyl (C=O) groups is 1. The molecule has 0 spiro atoms. The van der Waals surface area contributed by atoms with Crippen LogP contribution in [0.1, 0.15) is 34.6 Å². The molecule has 31 heavy (non-hydrogen) atoms. The predicted molar refractivity (Wildman–Crippen MR) is 111 cm³/mol.